The number of carbonyl (C=O) groups is 2. The van der Waals surface area contributed by atoms with Gasteiger partial charge in [-0.1, -0.05) is 60.2 Å². The van der Waals surface area contributed by atoms with Gasteiger partial charge in [-0.2, -0.15) is 4.31 Å². The Labute approximate surface area is 223 Å². The monoisotopic (exact) mass is 533 g/mol. The first-order valence-corrected chi connectivity index (χ1v) is 14.2. The summed E-state index contributed by atoms with van der Waals surface area (Å²) < 4.78 is 34.0. The van der Waals surface area contributed by atoms with E-state index in [0.29, 0.717) is 37.4 Å². The van der Waals surface area contributed by atoms with Crippen LogP contribution < -0.4 is 15.0 Å². The predicted molar refractivity (Wildman–Crippen MR) is 144 cm³/mol. The number of fused-ring (bicyclic) bond motifs is 1. The molecule has 2 aliphatic rings. The van der Waals surface area contributed by atoms with Crippen LogP contribution in [0, 0.1) is 12.8 Å². The maximum absolute atomic E-state index is 13.8. The Balaban J connectivity index is 1.32. The molecule has 2 aliphatic heterocycles. The van der Waals surface area contributed by atoms with Gasteiger partial charge in [-0.15, -0.1) is 0 Å². The largest absolute Gasteiger partial charge is 0.477 e. The third kappa shape index (κ3) is 5.44. The summed E-state index contributed by atoms with van der Waals surface area (Å²) in [6, 6.07) is 23.4. The van der Waals surface area contributed by atoms with Crippen LogP contribution in [0.3, 0.4) is 0 Å². The topological polar surface area (TPSA) is 96.0 Å². The lowest BCUT2D eigenvalue weighted by Gasteiger charge is -2.38. The fraction of sp³-hybridized carbons (Fsp3) is 0.310. The number of sulfonamides is 1. The number of nitrogens with zero attached hydrogens (tertiary/aromatic N) is 2. The van der Waals surface area contributed by atoms with Crippen molar-refractivity contribution in [1.29, 1.82) is 0 Å². The number of rotatable bonds is 6. The number of para-hydroxylation sites is 2. The second-order valence-electron chi connectivity index (χ2n) is 9.74. The number of aryl methyl sites for hydroxylation is 1. The van der Waals surface area contributed by atoms with E-state index >= 15 is 0 Å². The van der Waals surface area contributed by atoms with Gasteiger partial charge in [0.05, 0.1) is 23.0 Å². The molecule has 0 bridgehead atoms. The highest BCUT2D eigenvalue weighted by molar-refractivity contribution is 7.89. The van der Waals surface area contributed by atoms with E-state index in [4.69, 9.17) is 4.74 Å². The second kappa shape index (κ2) is 11.0. The fourth-order valence-corrected chi connectivity index (χ4v) is 6.44. The van der Waals surface area contributed by atoms with Gasteiger partial charge in [-0.3, -0.25) is 9.59 Å². The van der Waals surface area contributed by atoms with Gasteiger partial charge in [0.15, 0.2) is 6.10 Å². The molecule has 198 valence electrons. The Bertz CT molecular complexity index is 1410. The molecule has 3 aromatic carbocycles. The van der Waals surface area contributed by atoms with E-state index in [2.05, 4.69) is 5.32 Å². The van der Waals surface area contributed by atoms with Gasteiger partial charge in [-0.05, 0) is 49.6 Å². The van der Waals surface area contributed by atoms with Crippen molar-refractivity contribution >= 4 is 27.5 Å². The van der Waals surface area contributed by atoms with Crippen LogP contribution in [0.2, 0.25) is 0 Å². The van der Waals surface area contributed by atoms with Crippen LogP contribution in [0.4, 0.5) is 5.69 Å². The molecule has 0 spiro atoms. The van der Waals surface area contributed by atoms with Crippen LogP contribution in [0.1, 0.15) is 24.0 Å². The highest BCUT2D eigenvalue weighted by Gasteiger charge is 2.39. The predicted octanol–water partition coefficient (Wildman–Crippen LogP) is 3.51. The summed E-state index contributed by atoms with van der Waals surface area (Å²) in [5.41, 5.74) is 2.52. The molecule has 2 amide bonds. The first-order chi connectivity index (χ1) is 18.3. The summed E-state index contributed by atoms with van der Waals surface area (Å²) in [6.07, 6.45) is 0.269. The number of hydrogen-bond acceptors (Lipinski definition) is 5. The molecule has 0 aliphatic carbocycles. The van der Waals surface area contributed by atoms with Gasteiger partial charge in [0.25, 0.3) is 5.91 Å². The minimum atomic E-state index is -3.72. The number of benzene rings is 3. The Kier molecular flexibility index (Phi) is 7.49. The average Bonchev–Trinajstić information content (AvgIpc) is 2.95. The van der Waals surface area contributed by atoms with E-state index < -0.39 is 22.0 Å². The standard InChI is InChI=1S/C29H31N3O5S/c1-21-13-15-24(16-14-21)38(35,36)31-17-7-10-23(19-31)29(34)32-20-27(37-26-12-6-5-11-25(26)32)28(33)30-18-22-8-3-2-4-9-22/h2-6,8-9,11-16,23,27H,7,10,17-20H2,1H3,(H,30,33)/t23-,27-/m0/s1. The lowest BCUT2D eigenvalue weighted by molar-refractivity contribution is -0.129. The third-order valence-corrected chi connectivity index (χ3v) is 8.91. The molecule has 0 saturated carbocycles. The zero-order chi connectivity index (χ0) is 26.7. The number of piperidine rings is 1. The van der Waals surface area contributed by atoms with Crippen molar-refractivity contribution in [3.05, 3.63) is 90.0 Å². The van der Waals surface area contributed by atoms with E-state index in [-0.39, 0.29) is 29.8 Å². The summed E-state index contributed by atoms with van der Waals surface area (Å²) in [5, 5.41) is 2.90. The van der Waals surface area contributed by atoms with Crippen molar-refractivity contribution in [2.45, 2.75) is 37.3 Å². The average molecular weight is 534 g/mol. The van der Waals surface area contributed by atoms with Crippen LogP contribution >= 0.6 is 0 Å². The van der Waals surface area contributed by atoms with Crippen LogP contribution in [0.5, 0.6) is 5.75 Å². The Hall–Kier alpha value is -3.69. The van der Waals surface area contributed by atoms with E-state index in [0.717, 1.165) is 11.1 Å². The van der Waals surface area contributed by atoms with Crippen molar-refractivity contribution in [3.8, 4) is 5.75 Å². The lowest BCUT2D eigenvalue weighted by atomic mass is 9.97. The van der Waals surface area contributed by atoms with E-state index in [9.17, 15) is 18.0 Å². The van der Waals surface area contributed by atoms with Crippen molar-refractivity contribution in [3.63, 3.8) is 0 Å². The molecule has 5 rings (SSSR count). The first kappa shape index (κ1) is 25.9. The maximum Gasteiger partial charge on any atom is 0.263 e. The van der Waals surface area contributed by atoms with E-state index in [1.165, 1.54) is 4.31 Å². The summed E-state index contributed by atoms with van der Waals surface area (Å²) >= 11 is 0. The molecule has 0 aromatic heterocycles. The molecule has 2 heterocycles. The van der Waals surface area contributed by atoms with Gasteiger partial charge in [0.2, 0.25) is 15.9 Å². The van der Waals surface area contributed by atoms with Crippen molar-refractivity contribution in [2.24, 2.45) is 5.92 Å². The smallest absolute Gasteiger partial charge is 0.263 e. The number of amides is 2. The molecular weight excluding hydrogens is 502 g/mol. The number of carbonyl (C=O) groups excluding carboxylic acids is 2. The Morgan fingerprint density at radius 1 is 0.947 bits per heavy atom. The van der Waals surface area contributed by atoms with Gasteiger partial charge in [-0.25, -0.2) is 8.42 Å². The van der Waals surface area contributed by atoms with Gasteiger partial charge < -0.3 is 15.0 Å². The number of nitrogens with one attached hydrogen (secondary N) is 1. The fourth-order valence-electron chi connectivity index (χ4n) is 4.92. The van der Waals surface area contributed by atoms with Crippen molar-refractivity contribution < 1.29 is 22.7 Å². The van der Waals surface area contributed by atoms with Gasteiger partial charge >= 0.3 is 0 Å². The van der Waals surface area contributed by atoms with E-state index in [1.807, 2.05) is 43.3 Å². The molecule has 9 heteroatoms. The SMILES string of the molecule is Cc1ccc(S(=O)(=O)N2CCC[C@H](C(=O)N3C[C@@H](C(=O)NCc4ccccc4)Oc4ccccc43)C2)cc1. The summed E-state index contributed by atoms with van der Waals surface area (Å²) in [5.74, 6) is -0.589. The lowest BCUT2D eigenvalue weighted by Crippen LogP contribution is -2.53. The molecule has 0 radical (unpaired) electrons. The zero-order valence-corrected chi connectivity index (χ0v) is 22.1. The van der Waals surface area contributed by atoms with Crippen LogP contribution in [-0.4, -0.2) is 50.3 Å². The molecule has 1 fully saturated rings. The van der Waals surface area contributed by atoms with Crippen molar-refractivity contribution in [2.75, 3.05) is 24.5 Å². The summed E-state index contributed by atoms with van der Waals surface area (Å²) in [7, 11) is -3.72. The molecule has 0 unspecified atom stereocenters. The molecule has 2 atom stereocenters. The quantitative estimate of drug-likeness (QED) is 0.523. The molecule has 1 N–H and O–H groups in total. The molecule has 1 saturated heterocycles. The Morgan fingerprint density at radius 3 is 2.42 bits per heavy atom. The van der Waals surface area contributed by atoms with Gasteiger partial charge in [0.1, 0.15) is 5.75 Å². The van der Waals surface area contributed by atoms with Crippen LogP contribution in [0.25, 0.3) is 0 Å². The van der Waals surface area contributed by atoms with Crippen molar-refractivity contribution in [1.82, 2.24) is 9.62 Å². The molecule has 3 aromatic rings. The second-order valence-corrected chi connectivity index (χ2v) is 11.7. The highest BCUT2D eigenvalue weighted by atomic mass is 32.2. The van der Waals surface area contributed by atoms with Crippen LogP contribution in [0.15, 0.2) is 83.8 Å². The highest BCUT2D eigenvalue weighted by Crippen LogP contribution is 2.35. The number of anilines is 1. The third-order valence-electron chi connectivity index (χ3n) is 7.03. The zero-order valence-electron chi connectivity index (χ0n) is 21.2. The maximum atomic E-state index is 13.8. The summed E-state index contributed by atoms with van der Waals surface area (Å²) in [6.45, 7) is 2.77. The first-order valence-electron chi connectivity index (χ1n) is 12.8. The minimum Gasteiger partial charge on any atom is -0.477 e. The normalized spacial score (nSPS) is 19.8. The van der Waals surface area contributed by atoms with E-state index in [1.54, 1.807) is 47.4 Å². The minimum absolute atomic E-state index is 0.0533. The molecule has 8 nitrogen and oxygen atoms in total. The molecule has 38 heavy (non-hydrogen) atoms. The number of hydrogen-bond donors (Lipinski definition) is 1. The van der Waals surface area contributed by atoms with Gasteiger partial charge in [0, 0.05) is 19.6 Å². The number of ether oxygens (including phenoxy) is 1. The van der Waals surface area contributed by atoms with Crippen LogP contribution in [-0.2, 0) is 26.2 Å². The summed E-state index contributed by atoms with van der Waals surface area (Å²) in [4.78, 5) is 28.7. The molecular formula is C29H31N3O5S. The Morgan fingerprint density at radius 2 is 1.66 bits per heavy atom.